The molecule has 0 atom stereocenters. The molecular formula is C47H45N5OPt-2. The molecule has 276 valence electrons. The first kappa shape index (κ1) is 34.7. The third kappa shape index (κ3) is 7.00. The van der Waals surface area contributed by atoms with Crippen molar-refractivity contribution in [3.63, 3.8) is 0 Å². The van der Waals surface area contributed by atoms with Crippen LogP contribution < -0.4 is 9.30 Å². The molecule has 0 aliphatic heterocycles. The molecule has 0 aliphatic rings. The molecule has 4 heterocycles. The van der Waals surface area contributed by atoms with Gasteiger partial charge >= 0.3 is 0 Å². The molecule has 0 bridgehead atoms. The molecule has 0 spiro atoms. The van der Waals surface area contributed by atoms with E-state index in [1.165, 1.54) is 5.56 Å². The van der Waals surface area contributed by atoms with Gasteiger partial charge in [-0.25, -0.2) is 4.98 Å². The summed E-state index contributed by atoms with van der Waals surface area (Å²) in [5.74, 6) is 1.68. The Labute approximate surface area is 335 Å². The van der Waals surface area contributed by atoms with Crippen LogP contribution in [0.3, 0.4) is 0 Å². The fourth-order valence-corrected chi connectivity index (χ4v) is 6.90. The molecule has 6 nitrogen and oxygen atoms in total. The molecule has 8 aromatic rings. The SMILES string of the molecule is [2H]C([2H])(c1cccc(-[n+]2[c-]n(-c3[c-]c(Oc4[c-]c5c(cc4)c4ccccc4n5-c4cc(C(C)(C)C)ccn4)c(C(C)(C)C)nc3)c3ccccc32)c1)C(C)C.[Pt]. The zero-order valence-electron chi connectivity index (χ0n) is 33.9. The molecule has 54 heavy (non-hydrogen) atoms. The van der Waals surface area contributed by atoms with Gasteiger partial charge in [0.1, 0.15) is 5.82 Å². The van der Waals surface area contributed by atoms with Crippen LogP contribution in [0, 0.1) is 24.4 Å². The van der Waals surface area contributed by atoms with Gasteiger partial charge in [0.15, 0.2) is 0 Å². The van der Waals surface area contributed by atoms with Crippen molar-refractivity contribution in [1.29, 1.82) is 0 Å². The summed E-state index contributed by atoms with van der Waals surface area (Å²) < 4.78 is 30.3. The normalized spacial score (nSPS) is 13.0. The summed E-state index contributed by atoms with van der Waals surface area (Å²) in [6.45, 7) is 16.8. The Bertz CT molecular complexity index is 2730. The minimum Gasteiger partial charge on any atom is -0.508 e. The average molecular weight is 893 g/mol. The standard InChI is InChI=1S/C47H45N5O.Pt/c1-31(2)24-32-14-13-15-34(25-32)50-30-51(41-19-12-11-18-40(41)50)35-27-43(45(49-29-35)47(6,7)8)53-36-20-21-38-37-16-9-10-17-39(37)52(42(38)28-36)44-26-33(22-23-48-44)46(3,4)5;/h9-23,25-26,29,31H,24H2,1-8H3;/q-2;/i24D2;. The second-order valence-electron chi connectivity index (χ2n) is 16.0. The van der Waals surface area contributed by atoms with E-state index >= 15 is 0 Å². The average Bonchev–Trinajstić information content (AvgIpc) is 3.70. The maximum absolute atomic E-state index is 8.74. The van der Waals surface area contributed by atoms with Crippen molar-refractivity contribution < 1.29 is 33.1 Å². The van der Waals surface area contributed by atoms with E-state index in [0.29, 0.717) is 22.7 Å². The van der Waals surface area contributed by atoms with Gasteiger partial charge in [-0.2, -0.15) is 6.07 Å². The van der Waals surface area contributed by atoms with Gasteiger partial charge in [0, 0.05) is 47.0 Å². The van der Waals surface area contributed by atoms with E-state index in [1.807, 2.05) is 90.0 Å². The second kappa shape index (κ2) is 14.3. The number of imidazole rings is 1. The van der Waals surface area contributed by atoms with E-state index in [0.717, 1.165) is 50.0 Å². The Hall–Kier alpha value is -5.06. The Kier molecular flexibility index (Phi) is 9.19. The van der Waals surface area contributed by atoms with Crippen molar-refractivity contribution in [2.24, 2.45) is 5.92 Å². The maximum Gasteiger partial charge on any atom is 0.268 e. The van der Waals surface area contributed by atoms with E-state index < -0.39 is 6.37 Å². The number of hydrogen-bond donors (Lipinski definition) is 0. The molecule has 0 saturated heterocycles. The fourth-order valence-electron chi connectivity index (χ4n) is 6.90. The monoisotopic (exact) mass is 892 g/mol. The van der Waals surface area contributed by atoms with E-state index in [2.05, 4.69) is 107 Å². The van der Waals surface area contributed by atoms with Crippen LogP contribution >= 0.6 is 0 Å². The smallest absolute Gasteiger partial charge is 0.268 e. The van der Waals surface area contributed by atoms with Crippen molar-refractivity contribution in [3.8, 4) is 28.7 Å². The van der Waals surface area contributed by atoms with Crippen molar-refractivity contribution in [2.75, 3.05) is 0 Å². The zero-order valence-corrected chi connectivity index (χ0v) is 34.2. The molecule has 4 aromatic heterocycles. The Morgan fingerprint density at radius 1 is 0.796 bits per heavy atom. The zero-order chi connectivity index (χ0) is 38.9. The number of hydrogen-bond acceptors (Lipinski definition) is 3. The topological polar surface area (TPSA) is 48.8 Å². The van der Waals surface area contributed by atoms with Crippen LogP contribution in [-0.4, -0.2) is 19.1 Å². The quantitative estimate of drug-likeness (QED) is 0.118. The molecule has 0 amide bonds. The van der Waals surface area contributed by atoms with Crippen molar-refractivity contribution in [3.05, 3.63) is 145 Å². The van der Waals surface area contributed by atoms with E-state index in [4.69, 9.17) is 17.4 Å². The molecule has 4 aromatic carbocycles. The fraction of sp³-hybridized carbons (Fsp3) is 0.255. The van der Waals surface area contributed by atoms with Gasteiger partial charge < -0.3 is 18.9 Å². The third-order valence-electron chi connectivity index (χ3n) is 9.46. The minimum absolute atomic E-state index is 0. The maximum atomic E-state index is 8.74. The molecule has 0 fully saturated rings. The number of fused-ring (bicyclic) bond motifs is 4. The summed E-state index contributed by atoms with van der Waals surface area (Å²) in [5.41, 5.74) is 7.39. The van der Waals surface area contributed by atoms with E-state index in [1.54, 1.807) is 0 Å². The van der Waals surface area contributed by atoms with Gasteiger partial charge in [-0.3, -0.25) is 4.57 Å². The van der Waals surface area contributed by atoms with E-state index in [-0.39, 0.29) is 37.8 Å². The summed E-state index contributed by atoms with van der Waals surface area (Å²) in [5, 5.41) is 2.17. The van der Waals surface area contributed by atoms with Gasteiger partial charge in [0.2, 0.25) is 0 Å². The number of rotatable bonds is 7. The number of para-hydroxylation sites is 3. The third-order valence-corrected chi connectivity index (χ3v) is 9.46. The number of aromatic nitrogens is 5. The first-order valence-electron chi connectivity index (χ1n) is 19.2. The Morgan fingerprint density at radius 2 is 1.56 bits per heavy atom. The first-order valence-corrected chi connectivity index (χ1v) is 18.2. The van der Waals surface area contributed by atoms with Crippen LogP contribution in [0.15, 0.2) is 109 Å². The van der Waals surface area contributed by atoms with Crippen molar-refractivity contribution in [2.45, 2.75) is 72.6 Å². The van der Waals surface area contributed by atoms with Crippen molar-refractivity contribution in [1.82, 2.24) is 19.1 Å². The van der Waals surface area contributed by atoms with Gasteiger partial charge in [0.05, 0.1) is 16.7 Å². The largest absolute Gasteiger partial charge is 0.508 e. The van der Waals surface area contributed by atoms with Crippen LogP contribution in [0.2, 0.25) is 0 Å². The molecule has 7 heteroatoms. The molecule has 0 unspecified atom stereocenters. The van der Waals surface area contributed by atoms with Gasteiger partial charge in [0.25, 0.3) is 6.33 Å². The van der Waals surface area contributed by atoms with Crippen LogP contribution in [-0.2, 0) is 38.3 Å². The van der Waals surface area contributed by atoms with Crippen LogP contribution in [0.5, 0.6) is 11.5 Å². The predicted molar refractivity (Wildman–Crippen MR) is 214 cm³/mol. The summed E-state index contributed by atoms with van der Waals surface area (Å²) in [6.07, 6.45) is 5.73. The molecule has 0 N–H and O–H groups in total. The Balaban J connectivity index is 0.00000480. The number of nitrogens with zero attached hydrogens (tertiary/aromatic N) is 5. The summed E-state index contributed by atoms with van der Waals surface area (Å²) in [7, 11) is 0. The van der Waals surface area contributed by atoms with Crippen LogP contribution in [0.1, 0.15) is 75.0 Å². The molecular weight excluding hydrogens is 846 g/mol. The van der Waals surface area contributed by atoms with Crippen molar-refractivity contribution >= 4 is 32.8 Å². The number of benzene rings is 4. The first-order chi connectivity index (χ1) is 26.1. The molecule has 0 radical (unpaired) electrons. The van der Waals surface area contributed by atoms with Gasteiger partial charge in [-0.15, -0.1) is 23.6 Å². The van der Waals surface area contributed by atoms with Gasteiger partial charge in [-0.05, 0) is 75.8 Å². The molecule has 0 aliphatic carbocycles. The number of ether oxygens (including phenoxy) is 1. The molecule has 0 saturated carbocycles. The van der Waals surface area contributed by atoms with Gasteiger partial charge in [-0.1, -0.05) is 127 Å². The minimum atomic E-state index is -1.48. The van der Waals surface area contributed by atoms with Crippen LogP contribution in [0.25, 0.3) is 50.0 Å². The summed E-state index contributed by atoms with van der Waals surface area (Å²) in [4.78, 5) is 9.82. The van der Waals surface area contributed by atoms with Crippen LogP contribution in [0.4, 0.5) is 0 Å². The Morgan fingerprint density at radius 3 is 2.31 bits per heavy atom. The van der Waals surface area contributed by atoms with E-state index in [9.17, 15) is 0 Å². The summed E-state index contributed by atoms with van der Waals surface area (Å²) >= 11 is 0. The molecule has 8 rings (SSSR count). The predicted octanol–water partition coefficient (Wildman–Crippen LogP) is 10.8. The number of pyridine rings is 2. The second-order valence-corrected chi connectivity index (χ2v) is 16.0. The summed E-state index contributed by atoms with van der Waals surface area (Å²) in [6, 6.07) is 39.5.